The lowest BCUT2D eigenvalue weighted by Crippen LogP contribution is -2.35. The van der Waals surface area contributed by atoms with Crippen molar-refractivity contribution < 1.29 is 14.7 Å². The number of rotatable bonds is 4. The highest BCUT2D eigenvalue weighted by molar-refractivity contribution is 6.31. The van der Waals surface area contributed by atoms with Gasteiger partial charge in [-0.05, 0) is 42.5 Å². The maximum atomic E-state index is 12.5. The van der Waals surface area contributed by atoms with Crippen LogP contribution in [0.4, 0.5) is 5.69 Å². The smallest absolute Gasteiger partial charge is 0.323 e. The summed E-state index contributed by atoms with van der Waals surface area (Å²) in [5, 5.41) is 9.92. The fraction of sp³-hybridized carbons (Fsp3) is 0.0667. The molecule has 0 aliphatic heterocycles. The van der Waals surface area contributed by atoms with Gasteiger partial charge in [0.1, 0.15) is 6.54 Å². The summed E-state index contributed by atoms with van der Waals surface area (Å²) in [5.41, 5.74) is 0.769. The van der Waals surface area contributed by atoms with Gasteiger partial charge in [0.05, 0.1) is 0 Å². The second kappa shape index (κ2) is 6.61. The maximum Gasteiger partial charge on any atom is 0.323 e. The molecule has 0 aliphatic carbocycles. The third-order valence-corrected chi connectivity index (χ3v) is 3.24. The molecular weight excluding hydrogens is 313 g/mol. The van der Waals surface area contributed by atoms with E-state index in [0.29, 0.717) is 21.3 Å². The number of hydrogen-bond donors (Lipinski definition) is 1. The van der Waals surface area contributed by atoms with Gasteiger partial charge in [0.15, 0.2) is 0 Å². The summed E-state index contributed by atoms with van der Waals surface area (Å²) in [6, 6.07) is 12.7. The summed E-state index contributed by atoms with van der Waals surface area (Å²) in [5.74, 6) is -1.55. The van der Waals surface area contributed by atoms with E-state index in [9.17, 15) is 9.59 Å². The first kappa shape index (κ1) is 15.4. The minimum absolute atomic E-state index is 0.318. The Morgan fingerprint density at radius 2 is 1.67 bits per heavy atom. The second-order valence-electron chi connectivity index (χ2n) is 4.27. The van der Waals surface area contributed by atoms with Crippen molar-refractivity contribution in [1.29, 1.82) is 0 Å². The summed E-state index contributed by atoms with van der Waals surface area (Å²) in [7, 11) is 0. The average molecular weight is 324 g/mol. The monoisotopic (exact) mass is 323 g/mol. The number of amides is 1. The predicted molar refractivity (Wildman–Crippen MR) is 82.2 cm³/mol. The minimum Gasteiger partial charge on any atom is -0.480 e. The molecule has 0 saturated heterocycles. The van der Waals surface area contributed by atoms with E-state index in [1.54, 1.807) is 42.5 Å². The van der Waals surface area contributed by atoms with Crippen LogP contribution in [-0.4, -0.2) is 23.5 Å². The Hall–Kier alpha value is -2.04. The largest absolute Gasteiger partial charge is 0.480 e. The van der Waals surface area contributed by atoms with Crippen LogP contribution in [0.5, 0.6) is 0 Å². The van der Waals surface area contributed by atoms with Gasteiger partial charge in [-0.15, -0.1) is 0 Å². The molecule has 4 nitrogen and oxygen atoms in total. The first-order valence-corrected chi connectivity index (χ1v) is 6.78. The molecule has 2 rings (SSSR count). The van der Waals surface area contributed by atoms with E-state index in [1.807, 2.05) is 0 Å². The molecule has 2 aromatic carbocycles. The van der Waals surface area contributed by atoms with Crippen LogP contribution in [-0.2, 0) is 4.79 Å². The number of carboxylic acid groups (broad SMARTS) is 1. The molecule has 0 spiro atoms. The molecule has 0 aliphatic rings. The number of aliphatic carboxylic acids is 1. The zero-order valence-electron chi connectivity index (χ0n) is 10.8. The predicted octanol–water partition coefficient (Wildman–Crippen LogP) is 3.72. The molecule has 6 heteroatoms. The van der Waals surface area contributed by atoms with Crippen molar-refractivity contribution in [1.82, 2.24) is 0 Å². The summed E-state index contributed by atoms with van der Waals surface area (Å²) in [4.78, 5) is 24.7. The number of benzene rings is 2. The van der Waals surface area contributed by atoms with Crippen LogP contribution in [0.25, 0.3) is 0 Å². The third-order valence-electron chi connectivity index (χ3n) is 2.75. The molecule has 0 fully saturated rings. The van der Waals surface area contributed by atoms with Crippen molar-refractivity contribution >= 4 is 40.8 Å². The summed E-state index contributed by atoms with van der Waals surface area (Å²) < 4.78 is 0. The normalized spacial score (nSPS) is 10.2. The van der Waals surface area contributed by atoms with Gasteiger partial charge in [-0.2, -0.15) is 0 Å². The molecule has 108 valence electrons. The van der Waals surface area contributed by atoms with Gasteiger partial charge in [0.25, 0.3) is 5.91 Å². The van der Waals surface area contributed by atoms with Crippen molar-refractivity contribution in [2.75, 3.05) is 11.4 Å². The van der Waals surface area contributed by atoms with Crippen LogP contribution in [0.3, 0.4) is 0 Å². The minimum atomic E-state index is -1.11. The van der Waals surface area contributed by atoms with Gasteiger partial charge < -0.3 is 5.11 Å². The maximum absolute atomic E-state index is 12.5. The number of carboxylic acids is 1. The molecule has 0 unspecified atom stereocenters. The lowest BCUT2D eigenvalue weighted by atomic mass is 10.1. The highest BCUT2D eigenvalue weighted by Crippen LogP contribution is 2.21. The SMILES string of the molecule is O=C(O)CN(C(=O)c1cccc(Cl)c1)c1ccc(Cl)cc1. The number of nitrogens with zero attached hydrogens (tertiary/aromatic N) is 1. The van der Waals surface area contributed by atoms with Crippen molar-refractivity contribution in [2.45, 2.75) is 0 Å². The van der Waals surface area contributed by atoms with E-state index in [0.717, 1.165) is 4.90 Å². The molecular formula is C15H11Cl2NO3. The number of hydrogen-bond acceptors (Lipinski definition) is 2. The lowest BCUT2D eigenvalue weighted by Gasteiger charge is -2.21. The molecule has 1 N–H and O–H groups in total. The van der Waals surface area contributed by atoms with Crippen LogP contribution < -0.4 is 4.90 Å². The van der Waals surface area contributed by atoms with Gasteiger partial charge >= 0.3 is 5.97 Å². The summed E-state index contributed by atoms with van der Waals surface area (Å²) >= 11 is 11.7. The third kappa shape index (κ3) is 3.97. The molecule has 0 heterocycles. The van der Waals surface area contributed by atoms with E-state index in [2.05, 4.69) is 0 Å². The first-order valence-electron chi connectivity index (χ1n) is 6.02. The van der Waals surface area contributed by atoms with Gasteiger partial charge in [-0.3, -0.25) is 14.5 Å². The zero-order valence-corrected chi connectivity index (χ0v) is 12.3. The van der Waals surface area contributed by atoms with Gasteiger partial charge in [-0.1, -0.05) is 29.3 Å². The Balaban J connectivity index is 2.38. The van der Waals surface area contributed by atoms with E-state index < -0.39 is 18.4 Å². The van der Waals surface area contributed by atoms with Gasteiger partial charge in [0, 0.05) is 21.3 Å². The van der Waals surface area contributed by atoms with E-state index in [1.165, 1.54) is 6.07 Å². The van der Waals surface area contributed by atoms with Crippen molar-refractivity contribution in [3.63, 3.8) is 0 Å². The lowest BCUT2D eigenvalue weighted by molar-refractivity contribution is -0.135. The fourth-order valence-corrected chi connectivity index (χ4v) is 2.13. The number of carbonyl (C=O) groups is 2. The Morgan fingerprint density at radius 3 is 2.24 bits per heavy atom. The second-order valence-corrected chi connectivity index (χ2v) is 5.14. The zero-order chi connectivity index (χ0) is 15.4. The fourth-order valence-electron chi connectivity index (χ4n) is 1.81. The summed E-state index contributed by atoms with van der Waals surface area (Å²) in [6.45, 7) is -0.451. The number of halogens is 2. The molecule has 1 amide bonds. The standard InChI is InChI=1S/C15H11Cl2NO3/c16-11-4-6-13(7-5-11)18(9-14(19)20)15(21)10-2-1-3-12(17)8-10/h1-8H,9H2,(H,19,20). The molecule has 2 aromatic rings. The Morgan fingerprint density at radius 1 is 1.00 bits per heavy atom. The summed E-state index contributed by atoms with van der Waals surface area (Å²) in [6.07, 6.45) is 0. The van der Waals surface area contributed by atoms with Crippen LogP contribution in [0, 0.1) is 0 Å². The van der Waals surface area contributed by atoms with E-state index in [-0.39, 0.29) is 0 Å². The molecule has 21 heavy (non-hydrogen) atoms. The number of anilines is 1. The van der Waals surface area contributed by atoms with E-state index in [4.69, 9.17) is 28.3 Å². The van der Waals surface area contributed by atoms with Crippen molar-refractivity contribution in [3.8, 4) is 0 Å². The Kier molecular flexibility index (Phi) is 4.83. The van der Waals surface area contributed by atoms with Gasteiger partial charge in [0.2, 0.25) is 0 Å². The molecule has 0 bridgehead atoms. The van der Waals surface area contributed by atoms with Crippen LogP contribution in [0.1, 0.15) is 10.4 Å². The van der Waals surface area contributed by atoms with Crippen molar-refractivity contribution in [2.24, 2.45) is 0 Å². The Labute approximate surface area is 131 Å². The van der Waals surface area contributed by atoms with Crippen LogP contribution in [0.15, 0.2) is 48.5 Å². The van der Waals surface area contributed by atoms with Gasteiger partial charge in [-0.25, -0.2) is 0 Å². The topological polar surface area (TPSA) is 57.6 Å². The van der Waals surface area contributed by atoms with Crippen LogP contribution in [0.2, 0.25) is 10.0 Å². The number of carbonyl (C=O) groups excluding carboxylic acids is 1. The average Bonchev–Trinajstić information content (AvgIpc) is 2.45. The van der Waals surface area contributed by atoms with Crippen LogP contribution >= 0.6 is 23.2 Å². The molecule has 0 atom stereocenters. The van der Waals surface area contributed by atoms with E-state index >= 15 is 0 Å². The molecule has 0 radical (unpaired) electrons. The molecule has 0 aromatic heterocycles. The Bertz CT molecular complexity index is 671. The highest BCUT2D eigenvalue weighted by atomic mass is 35.5. The first-order chi connectivity index (χ1) is 9.97. The van der Waals surface area contributed by atoms with Crippen molar-refractivity contribution in [3.05, 3.63) is 64.1 Å². The quantitative estimate of drug-likeness (QED) is 0.932. The molecule has 0 saturated carbocycles. The highest BCUT2D eigenvalue weighted by Gasteiger charge is 2.20.